The van der Waals surface area contributed by atoms with Crippen LogP contribution in [0, 0.1) is 13.8 Å². The minimum atomic E-state index is 0.0477. The van der Waals surface area contributed by atoms with Gasteiger partial charge < -0.3 is 5.32 Å². The van der Waals surface area contributed by atoms with Crippen LogP contribution in [-0.2, 0) is 24.7 Å². The molecule has 0 unspecified atom stereocenters. The first kappa shape index (κ1) is 16.2. The number of carbonyl (C=O) groups excluding carboxylic acids is 1. The highest BCUT2D eigenvalue weighted by Crippen LogP contribution is 2.13. The van der Waals surface area contributed by atoms with Crippen LogP contribution in [0.25, 0.3) is 5.65 Å². The van der Waals surface area contributed by atoms with Gasteiger partial charge in [0.2, 0.25) is 5.91 Å². The predicted octanol–water partition coefficient (Wildman–Crippen LogP) is 1.37. The van der Waals surface area contributed by atoms with Crippen LogP contribution in [0.4, 0.5) is 0 Å². The van der Waals surface area contributed by atoms with Gasteiger partial charge in [-0.2, -0.15) is 5.10 Å². The summed E-state index contributed by atoms with van der Waals surface area (Å²) in [5, 5.41) is 15.6. The topological polar surface area (TPSA) is 77.1 Å². The van der Waals surface area contributed by atoms with E-state index in [2.05, 4.69) is 20.6 Å². The molecule has 0 atom stereocenters. The van der Waals surface area contributed by atoms with E-state index in [-0.39, 0.29) is 5.91 Å². The Bertz CT molecular complexity index is 863. The second-order valence-electron chi connectivity index (χ2n) is 5.92. The standard InChI is InChI=1S/C17H22N6O/c1-12-14(13(2)22(3)21-12)7-8-17(24)18-10-9-16-20-19-15-6-4-5-11-23(15)16/h4-6,11H,7-10H2,1-3H3,(H,18,24). The summed E-state index contributed by atoms with van der Waals surface area (Å²) in [6.45, 7) is 4.57. The third-order valence-corrected chi connectivity index (χ3v) is 4.32. The molecule has 7 heteroatoms. The summed E-state index contributed by atoms with van der Waals surface area (Å²) in [6.07, 6.45) is 3.77. The largest absolute Gasteiger partial charge is 0.356 e. The SMILES string of the molecule is Cc1nn(C)c(C)c1CCC(=O)NCCc1nnc2ccccn12. The van der Waals surface area contributed by atoms with Crippen LogP contribution in [0.5, 0.6) is 0 Å². The summed E-state index contributed by atoms with van der Waals surface area (Å²) in [5.41, 5.74) is 4.10. The molecule has 3 rings (SSSR count). The molecule has 0 radical (unpaired) electrons. The number of fused-ring (bicyclic) bond motifs is 1. The second-order valence-corrected chi connectivity index (χ2v) is 5.92. The van der Waals surface area contributed by atoms with Crippen molar-refractivity contribution in [1.29, 1.82) is 0 Å². The van der Waals surface area contributed by atoms with E-state index in [1.807, 2.05) is 54.4 Å². The molecule has 0 aliphatic carbocycles. The number of rotatable bonds is 6. The van der Waals surface area contributed by atoms with Crippen molar-refractivity contribution in [2.75, 3.05) is 6.54 Å². The average molecular weight is 326 g/mol. The first-order valence-electron chi connectivity index (χ1n) is 8.10. The van der Waals surface area contributed by atoms with E-state index >= 15 is 0 Å². The summed E-state index contributed by atoms with van der Waals surface area (Å²) >= 11 is 0. The Labute approximate surface area is 140 Å². The highest BCUT2D eigenvalue weighted by Gasteiger charge is 2.11. The zero-order valence-electron chi connectivity index (χ0n) is 14.3. The lowest BCUT2D eigenvalue weighted by atomic mass is 10.1. The first-order valence-corrected chi connectivity index (χ1v) is 8.10. The predicted molar refractivity (Wildman–Crippen MR) is 90.7 cm³/mol. The fraction of sp³-hybridized carbons (Fsp3) is 0.412. The molecule has 0 saturated heterocycles. The maximum Gasteiger partial charge on any atom is 0.220 e. The van der Waals surface area contributed by atoms with Gasteiger partial charge in [0.15, 0.2) is 5.65 Å². The molecule has 0 saturated carbocycles. The Morgan fingerprint density at radius 3 is 2.79 bits per heavy atom. The molecule has 0 fully saturated rings. The molecule has 0 spiro atoms. The number of pyridine rings is 1. The van der Waals surface area contributed by atoms with Crippen LogP contribution in [0.2, 0.25) is 0 Å². The van der Waals surface area contributed by atoms with E-state index < -0.39 is 0 Å². The van der Waals surface area contributed by atoms with Crippen molar-refractivity contribution >= 4 is 11.6 Å². The maximum atomic E-state index is 12.1. The van der Waals surface area contributed by atoms with Crippen LogP contribution >= 0.6 is 0 Å². The zero-order valence-corrected chi connectivity index (χ0v) is 14.3. The highest BCUT2D eigenvalue weighted by atomic mass is 16.1. The van der Waals surface area contributed by atoms with Gasteiger partial charge >= 0.3 is 0 Å². The molecule has 3 aromatic heterocycles. The molecule has 0 aliphatic rings. The molecule has 24 heavy (non-hydrogen) atoms. The molecule has 1 N–H and O–H groups in total. The zero-order chi connectivity index (χ0) is 17.1. The van der Waals surface area contributed by atoms with Gasteiger partial charge in [-0.15, -0.1) is 10.2 Å². The molecule has 7 nitrogen and oxygen atoms in total. The molecule has 3 heterocycles. The summed E-state index contributed by atoms with van der Waals surface area (Å²) in [6, 6.07) is 5.78. The van der Waals surface area contributed by atoms with Crippen molar-refractivity contribution in [1.82, 2.24) is 29.7 Å². The molecule has 0 aromatic carbocycles. The third-order valence-electron chi connectivity index (χ3n) is 4.32. The molecule has 0 aliphatic heterocycles. The van der Waals surface area contributed by atoms with Crippen molar-refractivity contribution in [3.8, 4) is 0 Å². The Hall–Kier alpha value is -2.70. The Balaban J connectivity index is 1.49. The minimum absolute atomic E-state index is 0.0477. The van der Waals surface area contributed by atoms with Crippen molar-refractivity contribution in [3.63, 3.8) is 0 Å². The van der Waals surface area contributed by atoms with Gasteiger partial charge in [-0.25, -0.2) is 0 Å². The average Bonchev–Trinajstić information content (AvgIpc) is 3.08. The fourth-order valence-electron chi connectivity index (χ4n) is 2.88. The highest BCUT2D eigenvalue weighted by molar-refractivity contribution is 5.76. The number of hydrogen-bond acceptors (Lipinski definition) is 4. The number of carbonyl (C=O) groups is 1. The third kappa shape index (κ3) is 3.29. The molecular formula is C17H22N6O. The number of aryl methyl sites for hydroxylation is 2. The number of nitrogens with zero attached hydrogens (tertiary/aromatic N) is 5. The van der Waals surface area contributed by atoms with Gasteiger partial charge in [0.1, 0.15) is 5.82 Å². The number of aromatic nitrogens is 5. The van der Waals surface area contributed by atoms with Crippen LogP contribution < -0.4 is 5.32 Å². The van der Waals surface area contributed by atoms with Crippen LogP contribution in [-0.4, -0.2) is 36.8 Å². The molecule has 1 amide bonds. The monoisotopic (exact) mass is 326 g/mol. The molecule has 0 bridgehead atoms. The van der Waals surface area contributed by atoms with Gasteiger partial charge in [0, 0.05) is 38.3 Å². The Kier molecular flexibility index (Phi) is 4.59. The van der Waals surface area contributed by atoms with E-state index in [1.165, 1.54) is 0 Å². The normalized spacial score (nSPS) is 11.1. The lowest BCUT2D eigenvalue weighted by molar-refractivity contribution is -0.121. The van der Waals surface area contributed by atoms with Gasteiger partial charge in [-0.05, 0) is 38.0 Å². The van der Waals surface area contributed by atoms with Gasteiger partial charge in [0.25, 0.3) is 0 Å². The van der Waals surface area contributed by atoms with Crippen LogP contribution in [0.3, 0.4) is 0 Å². The Morgan fingerprint density at radius 1 is 1.21 bits per heavy atom. The lowest BCUT2D eigenvalue weighted by Crippen LogP contribution is -2.26. The lowest BCUT2D eigenvalue weighted by Gasteiger charge is -2.05. The molecule has 126 valence electrons. The maximum absolute atomic E-state index is 12.1. The molecular weight excluding hydrogens is 304 g/mol. The van der Waals surface area contributed by atoms with Crippen molar-refractivity contribution in [2.45, 2.75) is 33.1 Å². The van der Waals surface area contributed by atoms with E-state index in [4.69, 9.17) is 0 Å². The number of hydrogen-bond donors (Lipinski definition) is 1. The quantitative estimate of drug-likeness (QED) is 0.742. The molecule has 3 aromatic rings. The van der Waals surface area contributed by atoms with Crippen molar-refractivity contribution < 1.29 is 4.79 Å². The summed E-state index contributed by atoms with van der Waals surface area (Å²) in [4.78, 5) is 12.1. The van der Waals surface area contributed by atoms with Crippen LogP contribution in [0.15, 0.2) is 24.4 Å². The van der Waals surface area contributed by atoms with E-state index in [9.17, 15) is 4.79 Å². The Morgan fingerprint density at radius 2 is 2.04 bits per heavy atom. The van der Waals surface area contributed by atoms with Gasteiger partial charge in [-0.3, -0.25) is 13.9 Å². The second kappa shape index (κ2) is 6.82. The van der Waals surface area contributed by atoms with E-state index in [0.717, 1.165) is 28.4 Å². The number of nitrogens with one attached hydrogen (secondary N) is 1. The summed E-state index contributed by atoms with van der Waals surface area (Å²) in [5.74, 6) is 0.899. The van der Waals surface area contributed by atoms with Crippen molar-refractivity contribution in [3.05, 3.63) is 47.2 Å². The summed E-state index contributed by atoms with van der Waals surface area (Å²) < 4.78 is 3.80. The van der Waals surface area contributed by atoms with Crippen LogP contribution in [0.1, 0.15) is 29.2 Å². The fourth-order valence-corrected chi connectivity index (χ4v) is 2.88. The first-order chi connectivity index (χ1) is 11.6. The summed E-state index contributed by atoms with van der Waals surface area (Å²) in [7, 11) is 1.93. The minimum Gasteiger partial charge on any atom is -0.356 e. The van der Waals surface area contributed by atoms with Crippen molar-refractivity contribution in [2.24, 2.45) is 7.05 Å². The number of amides is 1. The van der Waals surface area contributed by atoms with E-state index in [1.54, 1.807) is 0 Å². The van der Waals surface area contributed by atoms with Gasteiger partial charge in [-0.1, -0.05) is 6.07 Å². The van der Waals surface area contributed by atoms with Gasteiger partial charge in [0.05, 0.1) is 5.69 Å². The van der Waals surface area contributed by atoms with E-state index in [0.29, 0.717) is 25.8 Å². The smallest absolute Gasteiger partial charge is 0.220 e.